The second-order valence-electron chi connectivity index (χ2n) is 6.32. The number of hydrogen-bond donors (Lipinski definition) is 1. The number of benzene rings is 2. The molecule has 1 aromatic heterocycles. The van der Waals surface area contributed by atoms with Gasteiger partial charge in [0.05, 0.1) is 28.4 Å². The number of nitrogens with zero attached hydrogens (tertiary/aromatic N) is 2. The highest BCUT2D eigenvalue weighted by Crippen LogP contribution is 2.34. The first-order valence-corrected chi connectivity index (χ1v) is 9.73. The second kappa shape index (κ2) is 8.26. The quantitative estimate of drug-likeness (QED) is 0.602. The first-order valence-electron chi connectivity index (χ1n) is 8.85. The van der Waals surface area contributed by atoms with E-state index in [9.17, 15) is 18.0 Å². The number of halogens is 3. The zero-order valence-electron chi connectivity index (χ0n) is 15.5. The van der Waals surface area contributed by atoms with Crippen molar-refractivity contribution in [2.45, 2.75) is 37.0 Å². The molecule has 3 rings (SSSR count). The molecule has 3 aromatic rings. The van der Waals surface area contributed by atoms with Crippen LogP contribution in [0.5, 0.6) is 0 Å². The molecule has 0 saturated heterocycles. The van der Waals surface area contributed by atoms with Gasteiger partial charge in [-0.05, 0) is 37.6 Å². The minimum Gasteiger partial charge on any atom is -0.355 e. The smallest absolute Gasteiger partial charge is 0.355 e. The van der Waals surface area contributed by atoms with E-state index in [2.05, 4.69) is 10.3 Å². The summed E-state index contributed by atoms with van der Waals surface area (Å²) in [6.07, 6.45) is -4.43. The molecule has 0 saturated carbocycles. The van der Waals surface area contributed by atoms with Crippen LogP contribution in [0.2, 0.25) is 0 Å². The fourth-order valence-electron chi connectivity index (χ4n) is 2.82. The molecule has 4 nitrogen and oxygen atoms in total. The van der Waals surface area contributed by atoms with Gasteiger partial charge in [0.1, 0.15) is 0 Å². The summed E-state index contributed by atoms with van der Waals surface area (Å²) in [5, 5.41) is 2.84. The maximum atomic E-state index is 13.1. The number of nitrogens with one attached hydrogen (secondary N) is 1. The molecule has 2 aromatic carbocycles. The van der Waals surface area contributed by atoms with Crippen molar-refractivity contribution in [3.8, 4) is 0 Å². The van der Waals surface area contributed by atoms with E-state index in [-0.39, 0.29) is 11.4 Å². The van der Waals surface area contributed by atoms with Crippen molar-refractivity contribution < 1.29 is 18.0 Å². The van der Waals surface area contributed by atoms with Crippen LogP contribution in [-0.2, 0) is 17.5 Å². The van der Waals surface area contributed by atoms with Gasteiger partial charge in [-0.25, -0.2) is 4.98 Å². The van der Waals surface area contributed by atoms with Gasteiger partial charge in [-0.2, -0.15) is 13.2 Å². The Kier molecular flexibility index (Phi) is 5.98. The average Bonchev–Trinajstić information content (AvgIpc) is 2.98. The van der Waals surface area contributed by atoms with Gasteiger partial charge in [0, 0.05) is 6.54 Å². The Bertz CT molecular complexity index is 970. The van der Waals surface area contributed by atoms with Crippen molar-refractivity contribution in [2.24, 2.45) is 0 Å². The second-order valence-corrected chi connectivity index (χ2v) is 7.63. The molecule has 0 bridgehead atoms. The maximum absolute atomic E-state index is 13.1. The van der Waals surface area contributed by atoms with Crippen molar-refractivity contribution in [1.82, 2.24) is 14.9 Å². The fraction of sp³-hybridized carbons (Fsp3) is 0.300. The Morgan fingerprint density at radius 1 is 1.21 bits per heavy atom. The third-order valence-electron chi connectivity index (χ3n) is 4.23. The van der Waals surface area contributed by atoms with Crippen molar-refractivity contribution in [3.63, 3.8) is 0 Å². The lowest BCUT2D eigenvalue weighted by molar-refractivity contribution is -0.137. The van der Waals surface area contributed by atoms with Gasteiger partial charge in [0.2, 0.25) is 5.91 Å². The molecule has 1 N–H and O–H groups in total. The number of alkyl halides is 3. The average molecular weight is 407 g/mol. The number of fused-ring (bicyclic) bond motifs is 1. The van der Waals surface area contributed by atoms with E-state index in [1.165, 1.54) is 17.8 Å². The summed E-state index contributed by atoms with van der Waals surface area (Å²) in [5.41, 5.74) is 1.12. The number of carbonyl (C=O) groups excluding carboxylic acids is 1. The van der Waals surface area contributed by atoms with Gasteiger partial charge >= 0.3 is 6.18 Å². The minimum absolute atomic E-state index is 0.137. The zero-order valence-corrected chi connectivity index (χ0v) is 16.3. The Hall–Kier alpha value is -2.48. The molecule has 0 radical (unpaired) electrons. The number of hydrogen-bond acceptors (Lipinski definition) is 3. The number of thioether (sulfide) groups is 1. The van der Waals surface area contributed by atoms with E-state index in [1.807, 2.05) is 41.8 Å². The normalized spacial score (nSPS) is 12.9. The SMILES string of the molecule is CCNC(=O)[C@H](C)Sc1nc2cc(C(F)(F)F)ccc2n1Cc1ccccc1. The summed E-state index contributed by atoms with van der Waals surface area (Å²) < 4.78 is 41.1. The van der Waals surface area contributed by atoms with E-state index < -0.39 is 17.0 Å². The highest BCUT2D eigenvalue weighted by Gasteiger charge is 2.31. The fourth-order valence-corrected chi connectivity index (χ4v) is 3.77. The van der Waals surface area contributed by atoms with Crippen LogP contribution in [0.25, 0.3) is 11.0 Å². The number of rotatable bonds is 6. The summed E-state index contributed by atoms with van der Waals surface area (Å²) in [4.78, 5) is 16.5. The van der Waals surface area contributed by atoms with Crippen LogP contribution in [0.15, 0.2) is 53.7 Å². The number of carbonyl (C=O) groups is 1. The van der Waals surface area contributed by atoms with Gasteiger partial charge in [-0.1, -0.05) is 42.1 Å². The number of imidazole rings is 1. The van der Waals surface area contributed by atoms with Crippen LogP contribution in [0.4, 0.5) is 13.2 Å². The summed E-state index contributed by atoms with van der Waals surface area (Å²) in [6.45, 7) is 4.55. The van der Waals surface area contributed by atoms with Gasteiger partial charge in [0.15, 0.2) is 5.16 Å². The molecule has 0 aliphatic rings. The van der Waals surface area contributed by atoms with Crippen molar-refractivity contribution >= 4 is 28.7 Å². The molecular formula is C20H20F3N3OS. The highest BCUT2D eigenvalue weighted by molar-refractivity contribution is 8.00. The first-order chi connectivity index (χ1) is 13.3. The molecule has 0 aliphatic heterocycles. The van der Waals surface area contributed by atoms with E-state index in [0.717, 1.165) is 17.7 Å². The van der Waals surface area contributed by atoms with E-state index in [0.29, 0.717) is 23.8 Å². The predicted molar refractivity (Wildman–Crippen MR) is 104 cm³/mol. The third-order valence-corrected chi connectivity index (χ3v) is 5.32. The van der Waals surface area contributed by atoms with E-state index >= 15 is 0 Å². The maximum Gasteiger partial charge on any atom is 0.416 e. The zero-order chi connectivity index (χ0) is 20.3. The highest BCUT2D eigenvalue weighted by atomic mass is 32.2. The summed E-state index contributed by atoms with van der Waals surface area (Å²) in [7, 11) is 0. The molecule has 1 heterocycles. The first kappa shape index (κ1) is 20.3. The number of amides is 1. The van der Waals surface area contributed by atoms with E-state index in [1.54, 1.807) is 6.92 Å². The summed E-state index contributed by atoms with van der Waals surface area (Å²) in [5.74, 6) is -0.137. The topological polar surface area (TPSA) is 46.9 Å². The summed E-state index contributed by atoms with van der Waals surface area (Å²) in [6, 6.07) is 13.1. The van der Waals surface area contributed by atoms with Crippen LogP contribution in [0.3, 0.4) is 0 Å². The van der Waals surface area contributed by atoms with Crippen LogP contribution < -0.4 is 5.32 Å². The molecule has 1 amide bonds. The summed E-state index contributed by atoms with van der Waals surface area (Å²) >= 11 is 1.24. The van der Waals surface area contributed by atoms with Gasteiger partial charge in [0.25, 0.3) is 0 Å². The van der Waals surface area contributed by atoms with E-state index in [4.69, 9.17) is 0 Å². The standard InChI is InChI=1S/C20H20F3N3OS/c1-3-24-18(27)13(2)28-19-25-16-11-15(20(21,22)23)9-10-17(16)26(19)12-14-7-5-4-6-8-14/h4-11,13H,3,12H2,1-2H3,(H,24,27)/t13-/m0/s1. The molecule has 0 aliphatic carbocycles. The lowest BCUT2D eigenvalue weighted by Gasteiger charge is -2.13. The predicted octanol–water partition coefficient (Wildman–Crippen LogP) is 4.72. The van der Waals surface area contributed by atoms with Crippen molar-refractivity contribution in [3.05, 3.63) is 59.7 Å². The largest absolute Gasteiger partial charge is 0.416 e. The van der Waals surface area contributed by atoms with Gasteiger partial charge in [-0.3, -0.25) is 4.79 Å². The molecule has 8 heteroatoms. The molecule has 0 fully saturated rings. The molecule has 0 unspecified atom stereocenters. The Morgan fingerprint density at radius 3 is 2.57 bits per heavy atom. The monoisotopic (exact) mass is 407 g/mol. The lowest BCUT2D eigenvalue weighted by atomic mass is 10.2. The van der Waals surface area contributed by atoms with Crippen LogP contribution in [0.1, 0.15) is 25.0 Å². The molecule has 1 atom stereocenters. The van der Waals surface area contributed by atoms with Crippen molar-refractivity contribution in [2.75, 3.05) is 6.54 Å². The molecular weight excluding hydrogens is 387 g/mol. The molecule has 148 valence electrons. The Labute approximate surface area is 165 Å². The van der Waals surface area contributed by atoms with Crippen LogP contribution in [0, 0.1) is 0 Å². The van der Waals surface area contributed by atoms with Crippen LogP contribution >= 0.6 is 11.8 Å². The molecule has 0 spiro atoms. The number of aromatic nitrogens is 2. The van der Waals surface area contributed by atoms with Gasteiger partial charge < -0.3 is 9.88 Å². The Balaban J connectivity index is 2.03. The van der Waals surface area contributed by atoms with Gasteiger partial charge in [-0.15, -0.1) is 0 Å². The third kappa shape index (κ3) is 4.49. The molecule has 28 heavy (non-hydrogen) atoms. The lowest BCUT2D eigenvalue weighted by Crippen LogP contribution is -2.30. The van der Waals surface area contributed by atoms with Crippen molar-refractivity contribution in [1.29, 1.82) is 0 Å². The van der Waals surface area contributed by atoms with Crippen LogP contribution in [-0.4, -0.2) is 27.3 Å². The minimum atomic E-state index is -4.43. The Morgan fingerprint density at radius 2 is 1.93 bits per heavy atom.